The van der Waals surface area contributed by atoms with E-state index in [1.807, 2.05) is 24.3 Å². The van der Waals surface area contributed by atoms with Crippen LogP contribution < -0.4 is 19.5 Å². The summed E-state index contributed by atoms with van der Waals surface area (Å²) in [5.41, 5.74) is 2.62. The molecule has 0 spiro atoms. The summed E-state index contributed by atoms with van der Waals surface area (Å²) in [6, 6.07) is 13.3. The summed E-state index contributed by atoms with van der Waals surface area (Å²) >= 11 is 0. The lowest BCUT2D eigenvalue weighted by Gasteiger charge is -2.31. The molecular formula is C28H31N3O6. The molecule has 2 aliphatic heterocycles. The summed E-state index contributed by atoms with van der Waals surface area (Å²) < 4.78 is 21.4. The first-order chi connectivity index (χ1) is 18.1. The molecule has 194 valence electrons. The summed E-state index contributed by atoms with van der Waals surface area (Å²) in [6.45, 7) is 3.85. The van der Waals surface area contributed by atoms with Gasteiger partial charge in [-0.15, -0.1) is 0 Å². The highest BCUT2D eigenvalue weighted by Crippen LogP contribution is 2.32. The topological polar surface area (TPSA) is 99.2 Å². The lowest BCUT2D eigenvalue weighted by atomic mass is 9.95. The molecule has 2 aliphatic rings. The van der Waals surface area contributed by atoms with Crippen LogP contribution in [-0.4, -0.2) is 68.8 Å². The van der Waals surface area contributed by atoms with Gasteiger partial charge >= 0.3 is 5.97 Å². The number of methoxy groups -OCH3 is 2. The minimum atomic E-state index is -0.526. The second-order valence-electron chi connectivity index (χ2n) is 9.25. The fourth-order valence-electron chi connectivity index (χ4n) is 4.88. The van der Waals surface area contributed by atoms with Gasteiger partial charge in [0.05, 0.1) is 25.4 Å². The zero-order valence-corrected chi connectivity index (χ0v) is 21.1. The van der Waals surface area contributed by atoms with Gasteiger partial charge in [0, 0.05) is 17.8 Å². The molecule has 5 rings (SSSR count). The summed E-state index contributed by atoms with van der Waals surface area (Å²) in [4.78, 5) is 32.1. The van der Waals surface area contributed by atoms with E-state index >= 15 is 0 Å². The summed E-state index contributed by atoms with van der Waals surface area (Å²) in [5, 5.41) is 3.77. The first kappa shape index (κ1) is 24.8. The number of anilines is 1. The predicted octanol–water partition coefficient (Wildman–Crippen LogP) is 3.69. The standard InChI is InChI=1S/C28H31N3O6/c1-34-27-21(28(33)35-2)17-20-4-3-5-22(25(20)30-27)29-26(32)19-9-12-31(13-10-19)11-8-18-6-7-23-24(16-18)37-15-14-36-23/h3-7,16-17,19H,8-15H2,1-2H3,(H,29,32). The van der Waals surface area contributed by atoms with Crippen molar-refractivity contribution in [3.05, 3.63) is 53.6 Å². The molecule has 0 radical (unpaired) electrons. The number of hydrogen-bond acceptors (Lipinski definition) is 8. The summed E-state index contributed by atoms with van der Waals surface area (Å²) in [6.07, 6.45) is 2.51. The first-order valence-corrected chi connectivity index (χ1v) is 12.5. The normalized spacial score (nSPS) is 15.8. The van der Waals surface area contributed by atoms with E-state index in [-0.39, 0.29) is 23.3 Å². The van der Waals surface area contributed by atoms with Crippen LogP contribution in [0.25, 0.3) is 10.9 Å². The second kappa shape index (κ2) is 11.0. The first-order valence-electron chi connectivity index (χ1n) is 12.5. The molecule has 0 aliphatic carbocycles. The smallest absolute Gasteiger partial charge is 0.343 e. The molecule has 9 heteroatoms. The predicted molar refractivity (Wildman–Crippen MR) is 139 cm³/mol. The fourth-order valence-corrected chi connectivity index (χ4v) is 4.88. The molecule has 1 fully saturated rings. The highest BCUT2D eigenvalue weighted by atomic mass is 16.6. The van der Waals surface area contributed by atoms with Gasteiger partial charge < -0.3 is 29.2 Å². The Hall–Kier alpha value is -3.85. The highest BCUT2D eigenvalue weighted by molar-refractivity contribution is 6.03. The van der Waals surface area contributed by atoms with Gasteiger partial charge in [-0.2, -0.15) is 0 Å². The van der Waals surface area contributed by atoms with E-state index in [1.54, 1.807) is 6.07 Å². The van der Waals surface area contributed by atoms with E-state index in [9.17, 15) is 9.59 Å². The Labute approximate surface area is 215 Å². The molecule has 0 saturated carbocycles. The molecule has 0 atom stereocenters. The molecule has 1 saturated heterocycles. The maximum atomic E-state index is 13.1. The van der Waals surface area contributed by atoms with Crippen molar-refractivity contribution in [3.8, 4) is 17.4 Å². The molecule has 37 heavy (non-hydrogen) atoms. The third-order valence-electron chi connectivity index (χ3n) is 6.95. The molecule has 1 amide bonds. The Balaban J connectivity index is 1.18. The largest absolute Gasteiger partial charge is 0.486 e. The van der Waals surface area contributed by atoms with Crippen molar-refractivity contribution in [1.82, 2.24) is 9.88 Å². The van der Waals surface area contributed by atoms with E-state index in [1.165, 1.54) is 19.8 Å². The van der Waals surface area contributed by atoms with Gasteiger partial charge in [0.25, 0.3) is 0 Å². The van der Waals surface area contributed by atoms with Gasteiger partial charge in [0.15, 0.2) is 11.5 Å². The van der Waals surface area contributed by atoms with Gasteiger partial charge in [0.2, 0.25) is 11.8 Å². The molecule has 1 aromatic heterocycles. The van der Waals surface area contributed by atoms with Crippen LogP contribution in [0.3, 0.4) is 0 Å². The number of para-hydroxylation sites is 1. The van der Waals surface area contributed by atoms with Crippen LogP contribution in [0.5, 0.6) is 17.4 Å². The lowest BCUT2D eigenvalue weighted by Crippen LogP contribution is -2.39. The molecule has 9 nitrogen and oxygen atoms in total. The number of aromatic nitrogens is 1. The van der Waals surface area contributed by atoms with Crippen molar-refractivity contribution in [2.75, 3.05) is 52.4 Å². The number of amides is 1. The SMILES string of the molecule is COC(=O)c1cc2cccc(NC(=O)C3CCN(CCc4ccc5c(c4)OCCO5)CC3)c2nc1OC. The van der Waals surface area contributed by atoms with Crippen LogP contribution in [-0.2, 0) is 16.0 Å². The third-order valence-corrected chi connectivity index (χ3v) is 6.95. The number of piperidine rings is 1. The van der Waals surface area contributed by atoms with Crippen LogP contribution in [0.2, 0.25) is 0 Å². The fraction of sp³-hybridized carbons (Fsp3) is 0.393. The Morgan fingerprint density at radius 1 is 1.05 bits per heavy atom. The molecular weight excluding hydrogens is 474 g/mol. The number of nitrogens with zero attached hydrogens (tertiary/aromatic N) is 2. The number of fused-ring (bicyclic) bond motifs is 2. The Morgan fingerprint density at radius 3 is 2.59 bits per heavy atom. The molecule has 0 bridgehead atoms. The maximum absolute atomic E-state index is 13.1. The number of nitrogens with one attached hydrogen (secondary N) is 1. The van der Waals surface area contributed by atoms with Crippen molar-refractivity contribution in [1.29, 1.82) is 0 Å². The molecule has 3 aromatic rings. The number of likely N-dealkylation sites (tertiary alicyclic amines) is 1. The number of pyridine rings is 1. The van der Waals surface area contributed by atoms with E-state index < -0.39 is 5.97 Å². The number of hydrogen-bond donors (Lipinski definition) is 1. The molecule has 2 aromatic carbocycles. The van der Waals surface area contributed by atoms with Gasteiger partial charge in [-0.3, -0.25) is 4.79 Å². The van der Waals surface area contributed by atoms with E-state index in [0.29, 0.717) is 29.8 Å². The number of carbonyl (C=O) groups excluding carboxylic acids is 2. The quantitative estimate of drug-likeness (QED) is 0.486. The van der Waals surface area contributed by atoms with Gasteiger partial charge in [-0.1, -0.05) is 18.2 Å². The molecule has 3 heterocycles. The van der Waals surface area contributed by atoms with Crippen molar-refractivity contribution in [3.63, 3.8) is 0 Å². The van der Waals surface area contributed by atoms with Crippen molar-refractivity contribution in [2.45, 2.75) is 19.3 Å². The maximum Gasteiger partial charge on any atom is 0.343 e. The monoisotopic (exact) mass is 505 g/mol. The minimum absolute atomic E-state index is 0.0169. The van der Waals surface area contributed by atoms with Crippen molar-refractivity contribution >= 4 is 28.5 Å². The Kier molecular flexibility index (Phi) is 7.41. The minimum Gasteiger partial charge on any atom is -0.486 e. The van der Waals surface area contributed by atoms with Crippen LogP contribution in [0.1, 0.15) is 28.8 Å². The number of rotatable bonds is 7. The van der Waals surface area contributed by atoms with E-state index in [4.69, 9.17) is 18.9 Å². The Morgan fingerprint density at radius 2 is 1.84 bits per heavy atom. The summed E-state index contributed by atoms with van der Waals surface area (Å²) in [7, 11) is 2.76. The van der Waals surface area contributed by atoms with E-state index in [2.05, 4.69) is 27.3 Å². The van der Waals surface area contributed by atoms with Gasteiger partial charge in [0.1, 0.15) is 18.8 Å². The molecule has 1 N–H and O–H groups in total. The van der Waals surface area contributed by atoms with Crippen LogP contribution >= 0.6 is 0 Å². The zero-order valence-electron chi connectivity index (χ0n) is 21.1. The average Bonchev–Trinajstić information content (AvgIpc) is 2.95. The zero-order chi connectivity index (χ0) is 25.8. The number of esters is 1. The number of benzene rings is 2. The van der Waals surface area contributed by atoms with Gasteiger partial charge in [-0.05, 0) is 62.2 Å². The highest BCUT2D eigenvalue weighted by Gasteiger charge is 2.26. The second-order valence-corrected chi connectivity index (χ2v) is 9.25. The van der Waals surface area contributed by atoms with Crippen LogP contribution in [0, 0.1) is 5.92 Å². The number of ether oxygens (including phenoxy) is 4. The third kappa shape index (κ3) is 5.46. The van der Waals surface area contributed by atoms with E-state index in [0.717, 1.165) is 50.4 Å². The summed E-state index contributed by atoms with van der Waals surface area (Å²) in [5.74, 6) is 1.18. The van der Waals surface area contributed by atoms with Crippen LogP contribution in [0.4, 0.5) is 5.69 Å². The average molecular weight is 506 g/mol. The number of carbonyl (C=O) groups is 2. The van der Waals surface area contributed by atoms with Crippen LogP contribution in [0.15, 0.2) is 42.5 Å². The van der Waals surface area contributed by atoms with Crippen molar-refractivity contribution in [2.24, 2.45) is 5.92 Å². The van der Waals surface area contributed by atoms with Gasteiger partial charge in [-0.25, -0.2) is 9.78 Å². The lowest BCUT2D eigenvalue weighted by molar-refractivity contribution is -0.121. The Bertz CT molecular complexity index is 1300. The molecule has 0 unspecified atom stereocenters. The van der Waals surface area contributed by atoms with Crippen molar-refractivity contribution < 1.29 is 28.5 Å².